The molecule has 0 aromatic heterocycles. The van der Waals surface area contributed by atoms with E-state index in [9.17, 15) is 5.11 Å². The molecule has 0 bridgehead atoms. The monoisotopic (exact) mass is 221 g/mol. The van der Waals surface area contributed by atoms with Crippen molar-refractivity contribution >= 4 is 8.80 Å². The smallest absolute Gasteiger partial charge is 0.372 e. The third kappa shape index (κ3) is 3.66. The van der Waals surface area contributed by atoms with E-state index in [0.717, 1.165) is 0 Å². The lowest BCUT2D eigenvalue weighted by Gasteiger charge is -2.30. The molecule has 0 saturated heterocycles. The van der Waals surface area contributed by atoms with Crippen molar-refractivity contribution in [2.45, 2.75) is 39.8 Å². The highest BCUT2D eigenvalue weighted by atomic mass is 28.4. The van der Waals surface area contributed by atoms with E-state index in [-0.39, 0.29) is 0 Å². The predicted molar refractivity (Wildman–Crippen MR) is 55.4 cm³/mol. The van der Waals surface area contributed by atoms with Crippen LogP contribution >= 0.6 is 0 Å². The second-order valence-electron chi connectivity index (χ2n) is 2.80. The predicted octanol–water partition coefficient (Wildman–Crippen LogP) is 1.78. The van der Waals surface area contributed by atoms with Crippen molar-refractivity contribution in [1.29, 1.82) is 0 Å². The Morgan fingerprint density at radius 1 is 0.929 bits per heavy atom. The fourth-order valence-corrected chi connectivity index (χ4v) is 3.77. The Balaban J connectivity index is 4.53. The second-order valence-corrected chi connectivity index (χ2v) is 5.52. The largest absolute Gasteiger partial charge is 0.534 e. The van der Waals surface area contributed by atoms with Gasteiger partial charge in [-0.2, -0.15) is 0 Å². The molecule has 14 heavy (non-hydrogen) atoms. The molecule has 0 aromatic rings. The van der Waals surface area contributed by atoms with Crippen LogP contribution in [-0.2, 0) is 18.4 Å². The van der Waals surface area contributed by atoms with Gasteiger partial charge in [0.05, 0.1) is 0 Å². The number of hydrogen-bond donors (Lipinski definition) is 0. The maximum absolute atomic E-state index is 11.8. The first-order valence-electron chi connectivity index (χ1n) is 5.24. The maximum atomic E-state index is 11.8. The first-order valence-corrected chi connectivity index (χ1v) is 7.04. The molecule has 0 saturated carbocycles. The van der Waals surface area contributed by atoms with E-state index in [1.807, 2.05) is 27.7 Å². The van der Waals surface area contributed by atoms with Gasteiger partial charge in [-0.15, -0.1) is 0 Å². The third-order valence-corrected chi connectivity index (χ3v) is 5.07. The van der Waals surface area contributed by atoms with Gasteiger partial charge in [0.25, 0.3) is 0 Å². The lowest BCUT2D eigenvalue weighted by Crippen LogP contribution is -2.55. The zero-order valence-electron chi connectivity index (χ0n) is 9.54. The molecule has 0 N–H and O–H groups in total. The molecule has 0 fully saturated rings. The molecule has 0 rings (SSSR count). The first kappa shape index (κ1) is 14.1. The zero-order chi connectivity index (χ0) is 11.0. The van der Waals surface area contributed by atoms with Gasteiger partial charge in [-0.25, -0.2) is 5.11 Å². The van der Waals surface area contributed by atoms with Crippen LogP contribution in [0.5, 0.6) is 0 Å². The molecule has 85 valence electrons. The molecule has 0 aromatic carbocycles. The van der Waals surface area contributed by atoms with Crippen LogP contribution < -0.4 is 0 Å². The van der Waals surface area contributed by atoms with Gasteiger partial charge in [0.2, 0.25) is 0 Å². The van der Waals surface area contributed by atoms with Crippen molar-refractivity contribution in [2.75, 3.05) is 19.8 Å². The van der Waals surface area contributed by atoms with Crippen LogP contribution in [-0.4, -0.2) is 34.4 Å². The summed E-state index contributed by atoms with van der Waals surface area (Å²) in [5.74, 6) is 0. The van der Waals surface area contributed by atoms with Gasteiger partial charge in [0.15, 0.2) is 5.73 Å². The second kappa shape index (κ2) is 7.36. The van der Waals surface area contributed by atoms with Crippen molar-refractivity contribution in [3.63, 3.8) is 0 Å². The molecule has 1 atom stereocenters. The van der Waals surface area contributed by atoms with Crippen molar-refractivity contribution in [3.8, 4) is 0 Å². The minimum absolute atomic E-state index is 0.463. The van der Waals surface area contributed by atoms with Crippen LogP contribution in [0.1, 0.15) is 34.1 Å². The lowest BCUT2D eigenvalue weighted by atomic mass is 10.5. The molecule has 0 aliphatic carbocycles. The molecular weight excluding hydrogens is 200 g/mol. The summed E-state index contributed by atoms with van der Waals surface area (Å²) in [6, 6.07) is 0. The van der Waals surface area contributed by atoms with Crippen molar-refractivity contribution in [2.24, 2.45) is 0 Å². The van der Waals surface area contributed by atoms with Gasteiger partial charge in [-0.05, 0) is 27.2 Å². The van der Waals surface area contributed by atoms with E-state index in [1.165, 1.54) is 0 Å². The molecule has 5 heteroatoms. The molecule has 0 aliphatic heterocycles. The summed E-state index contributed by atoms with van der Waals surface area (Å²) in [4.78, 5) is 0. The van der Waals surface area contributed by atoms with Crippen molar-refractivity contribution < 1.29 is 18.4 Å². The molecule has 1 unspecified atom stereocenters. The summed E-state index contributed by atoms with van der Waals surface area (Å²) in [5.41, 5.74) is -0.873. The van der Waals surface area contributed by atoms with Gasteiger partial charge in [0.1, 0.15) is 0 Å². The SMILES string of the molecule is CCO[Si](OCC)(OCC)C([O])CC. The van der Waals surface area contributed by atoms with Gasteiger partial charge in [-0.3, -0.25) is 0 Å². The summed E-state index contributed by atoms with van der Waals surface area (Å²) < 4.78 is 16.3. The number of rotatable bonds is 8. The van der Waals surface area contributed by atoms with Gasteiger partial charge in [-0.1, -0.05) is 6.92 Å². The van der Waals surface area contributed by atoms with E-state index < -0.39 is 14.5 Å². The average Bonchev–Trinajstić information content (AvgIpc) is 2.17. The zero-order valence-corrected chi connectivity index (χ0v) is 10.5. The quantitative estimate of drug-likeness (QED) is 0.587. The van der Waals surface area contributed by atoms with E-state index in [4.69, 9.17) is 13.3 Å². The summed E-state index contributed by atoms with van der Waals surface area (Å²) in [6.07, 6.45) is 0.478. The minimum atomic E-state index is -2.95. The van der Waals surface area contributed by atoms with Crippen LogP contribution in [0.4, 0.5) is 0 Å². The molecular formula is C9H21O4Si. The summed E-state index contributed by atoms with van der Waals surface area (Å²) in [7, 11) is -2.95. The van der Waals surface area contributed by atoms with Crippen LogP contribution in [0.3, 0.4) is 0 Å². The lowest BCUT2D eigenvalue weighted by molar-refractivity contribution is -0.00208. The van der Waals surface area contributed by atoms with E-state index in [0.29, 0.717) is 26.2 Å². The molecule has 0 spiro atoms. The number of hydrogen-bond acceptors (Lipinski definition) is 3. The fourth-order valence-electron chi connectivity index (χ4n) is 1.26. The van der Waals surface area contributed by atoms with Gasteiger partial charge < -0.3 is 13.3 Å². The molecule has 4 nitrogen and oxygen atoms in total. The minimum Gasteiger partial charge on any atom is -0.372 e. The topological polar surface area (TPSA) is 47.6 Å². The highest BCUT2D eigenvalue weighted by Crippen LogP contribution is 2.17. The normalized spacial score (nSPS) is 14.4. The maximum Gasteiger partial charge on any atom is 0.534 e. The van der Waals surface area contributed by atoms with E-state index in [2.05, 4.69) is 0 Å². The van der Waals surface area contributed by atoms with Crippen LogP contribution in [0.15, 0.2) is 0 Å². The first-order chi connectivity index (χ1) is 6.66. The van der Waals surface area contributed by atoms with Crippen LogP contribution in [0.2, 0.25) is 0 Å². The molecule has 1 radical (unpaired) electrons. The van der Waals surface area contributed by atoms with E-state index in [1.54, 1.807) is 0 Å². The third-order valence-electron chi connectivity index (χ3n) is 1.80. The van der Waals surface area contributed by atoms with Crippen LogP contribution in [0.25, 0.3) is 0 Å². The Labute approximate surface area is 87.5 Å². The van der Waals surface area contributed by atoms with E-state index >= 15 is 0 Å². The van der Waals surface area contributed by atoms with Crippen molar-refractivity contribution in [3.05, 3.63) is 0 Å². The fraction of sp³-hybridized carbons (Fsp3) is 1.00. The Bertz CT molecular complexity index is 126. The summed E-state index contributed by atoms with van der Waals surface area (Å²) in [6.45, 7) is 8.77. The summed E-state index contributed by atoms with van der Waals surface area (Å²) in [5, 5.41) is 11.8. The average molecular weight is 221 g/mol. The van der Waals surface area contributed by atoms with Gasteiger partial charge >= 0.3 is 8.80 Å². The highest BCUT2D eigenvalue weighted by molar-refractivity contribution is 6.62. The highest BCUT2D eigenvalue weighted by Gasteiger charge is 2.49. The Morgan fingerprint density at radius 3 is 1.50 bits per heavy atom. The summed E-state index contributed by atoms with van der Waals surface area (Å²) >= 11 is 0. The molecule has 0 amide bonds. The van der Waals surface area contributed by atoms with Crippen molar-refractivity contribution in [1.82, 2.24) is 0 Å². The Hall–Kier alpha value is 0.0569. The Kier molecular flexibility index (Phi) is 7.39. The Morgan fingerprint density at radius 2 is 1.29 bits per heavy atom. The molecule has 0 heterocycles. The standard InChI is InChI=1S/C9H21O4Si/c1-5-9(10)14(11-6-2,12-7-3)13-8-4/h9H,5-8H2,1-4H3. The van der Waals surface area contributed by atoms with Gasteiger partial charge in [0, 0.05) is 19.8 Å². The van der Waals surface area contributed by atoms with Crippen LogP contribution in [0, 0.1) is 0 Å². The molecule has 0 aliphatic rings.